The van der Waals surface area contributed by atoms with Crippen LogP contribution in [0, 0.1) is 17.2 Å². The first-order valence-electron chi connectivity index (χ1n) is 12.0. The lowest BCUT2D eigenvalue weighted by molar-refractivity contribution is -0.133. The van der Waals surface area contributed by atoms with E-state index in [0.29, 0.717) is 39.5 Å². The van der Waals surface area contributed by atoms with E-state index in [9.17, 15) is 14.9 Å². The van der Waals surface area contributed by atoms with Crippen molar-refractivity contribution in [1.82, 2.24) is 29.7 Å². The van der Waals surface area contributed by atoms with Crippen LogP contribution >= 0.6 is 23.2 Å². The van der Waals surface area contributed by atoms with Crippen molar-refractivity contribution in [1.29, 1.82) is 5.26 Å². The number of likely N-dealkylation sites (tertiary alicyclic amines) is 1. The lowest BCUT2D eigenvalue weighted by atomic mass is 10.1. The first kappa shape index (κ1) is 25.0. The number of piperidine rings is 1. The van der Waals surface area contributed by atoms with Gasteiger partial charge >= 0.3 is 6.03 Å². The van der Waals surface area contributed by atoms with Crippen molar-refractivity contribution in [2.75, 3.05) is 18.4 Å². The average molecular weight is 539 g/mol. The molecule has 2 fully saturated rings. The first-order chi connectivity index (χ1) is 17.9. The Labute approximate surface area is 223 Å². The molecule has 1 aliphatic carbocycles. The van der Waals surface area contributed by atoms with Crippen molar-refractivity contribution in [2.24, 2.45) is 5.92 Å². The van der Waals surface area contributed by atoms with Crippen molar-refractivity contribution in [2.45, 2.75) is 38.1 Å². The van der Waals surface area contributed by atoms with E-state index >= 15 is 0 Å². The van der Waals surface area contributed by atoms with E-state index in [2.05, 4.69) is 31.7 Å². The number of carbonyl (C=O) groups is 2. The number of nitrogens with one attached hydrogen (secondary N) is 2. The first-order valence-corrected chi connectivity index (χ1v) is 12.8. The van der Waals surface area contributed by atoms with Gasteiger partial charge in [-0.2, -0.15) is 10.2 Å². The number of carbonyl (C=O) groups excluding carboxylic acids is 2. The van der Waals surface area contributed by atoms with Crippen molar-refractivity contribution >= 4 is 41.1 Å². The Hall–Kier alpha value is -3.68. The number of nitriles is 1. The Morgan fingerprint density at radius 2 is 1.97 bits per heavy atom. The molecule has 10 nitrogen and oxygen atoms in total. The molecule has 3 heterocycles. The molecule has 0 unspecified atom stereocenters. The van der Waals surface area contributed by atoms with Gasteiger partial charge in [0, 0.05) is 36.8 Å². The van der Waals surface area contributed by atoms with Crippen LogP contribution in [-0.2, 0) is 11.2 Å². The van der Waals surface area contributed by atoms with E-state index in [1.807, 2.05) is 4.90 Å². The highest BCUT2D eigenvalue weighted by atomic mass is 35.5. The van der Waals surface area contributed by atoms with Crippen LogP contribution in [0.1, 0.15) is 31.4 Å². The molecule has 0 radical (unpaired) electrons. The minimum Gasteiger partial charge on any atom is -0.340 e. The molecule has 1 aromatic carbocycles. The number of urea groups is 1. The van der Waals surface area contributed by atoms with Gasteiger partial charge in [-0.05, 0) is 49.9 Å². The molecule has 37 heavy (non-hydrogen) atoms. The Balaban J connectivity index is 1.33. The molecule has 2 aromatic heterocycles. The number of benzene rings is 1. The number of anilines is 1. The number of hydrogen-bond acceptors (Lipinski definition) is 6. The fourth-order valence-corrected chi connectivity index (χ4v) is 4.73. The summed E-state index contributed by atoms with van der Waals surface area (Å²) < 4.78 is 1.72. The highest BCUT2D eigenvalue weighted by molar-refractivity contribution is 6.42. The molecule has 12 heteroatoms. The summed E-state index contributed by atoms with van der Waals surface area (Å²) in [4.78, 5) is 40.1. The standard InChI is InChI=1S/C25H24Cl2N8O2/c26-19-6-5-16(12-20(19)27)22-30-13-18(7-9-28)35(22)21-8-10-29-24(32-21)33-25(37)31-17-2-1-11-34(14-17)23(36)15-3-4-15/h5-6,8,10,12-13,15,17H,1-4,7,11,14H2,(H2,29,31,32,33,37)/t17-/m0/s1. The number of imidazole rings is 1. The molecule has 2 N–H and O–H groups in total. The molecule has 3 amide bonds. The molecule has 1 atom stereocenters. The normalized spacial score (nSPS) is 17.2. The highest BCUT2D eigenvalue weighted by Gasteiger charge is 2.35. The molecule has 1 saturated carbocycles. The van der Waals surface area contributed by atoms with E-state index in [4.69, 9.17) is 23.2 Å². The van der Waals surface area contributed by atoms with E-state index in [-0.39, 0.29) is 30.2 Å². The zero-order chi connectivity index (χ0) is 25.9. The SMILES string of the molecule is N#CCc1cnc(-c2ccc(Cl)c(Cl)c2)n1-c1ccnc(NC(=O)N[C@H]2CCCN(C(=O)C3CC3)C2)n1. The summed E-state index contributed by atoms with van der Waals surface area (Å²) in [5.74, 6) is 1.38. The second kappa shape index (κ2) is 10.7. The number of aromatic nitrogens is 4. The van der Waals surface area contributed by atoms with Crippen LogP contribution in [0.25, 0.3) is 17.2 Å². The fourth-order valence-electron chi connectivity index (χ4n) is 4.43. The molecule has 1 aliphatic heterocycles. The third-order valence-electron chi connectivity index (χ3n) is 6.36. The highest BCUT2D eigenvalue weighted by Crippen LogP contribution is 2.32. The molecule has 1 saturated heterocycles. The van der Waals surface area contributed by atoms with Crippen LogP contribution in [-0.4, -0.2) is 55.5 Å². The van der Waals surface area contributed by atoms with Gasteiger partial charge in [0.25, 0.3) is 0 Å². The topological polar surface area (TPSA) is 129 Å². The third kappa shape index (κ3) is 5.68. The lowest BCUT2D eigenvalue weighted by Crippen LogP contribution is -2.51. The van der Waals surface area contributed by atoms with Gasteiger partial charge in [0.2, 0.25) is 11.9 Å². The molecular weight excluding hydrogens is 515 g/mol. The van der Waals surface area contributed by atoms with Gasteiger partial charge in [0.15, 0.2) is 0 Å². The van der Waals surface area contributed by atoms with E-state index < -0.39 is 6.03 Å². The quantitative estimate of drug-likeness (QED) is 0.483. The van der Waals surface area contributed by atoms with E-state index in [1.54, 1.807) is 35.0 Å². The van der Waals surface area contributed by atoms with E-state index in [0.717, 1.165) is 32.2 Å². The minimum absolute atomic E-state index is 0.0911. The van der Waals surface area contributed by atoms with Crippen molar-refractivity contribution in [3.63, 3.8) is 0 Å². The summed E-state index contributed by atoms with van der Waals surface area (Å²) in [6.07, 6.45) is 6.77. The smallest absolute Gasteiger partial charge is 0.321 e. The third-order valence-corrected chi connectivity index (χ3v) is 7.10. The summed E-state index contributed by atoms with van der Waals surface area (Å²) in [5, 5.41) is 15.7. The maximum Gasteiger partial charge on any atom is 0.321 e. The molecule has 3 aromatic rings. The van der Waals surface area contributed by atoms with Crippen molar-refractivity contribution in [3.05, 3.63) is 52.4 Å². The minimum atomic E-state index is -0.449. The summed E-state index contributed by atoms with van der Waals surface area (Å²) in [7, 11) is 0. The molecule has 0 bridgehead atoms. The number of amides is 3. The van der Waals surface area contributed by atoms with Crippen LogP contribution < -0.4 is 10.6 Å². The maximum atomic E-state index is 12.7. The Morgan fingerprint density at radius 1 is 1.14 bits per heavy atom. The lowest BCUT2D eigenvalue weighted by Gasteiger charge is -2.33. The zero-order valence-electron chi connectivity index (χ0n) is 19.8. The van der Waals surface area contributed by atoms with Gasteiger partial charge in [-0.3, -0.25) is 14.7 Å². The van der Waals surface area contributed by atoms with Crippen LogP contribution in [0.3, 0.4) is 0 Å². The monoisotopic (exact) mass is 538 g/mol. The molecule has 2 aliphatic rings. The van der Waals surface area contributed by atoms with Gasteiger partial charge in [-0.1, -0.05) is 23.2 Å². The second-order valence-corrected chi connectivity index (χ2v) is 9.92. The molecular formula is C25H24Cl2N8O2. The molecule has 0 spiro atoms. The summed E-state index contributed by atoms with van der Waals surface area (Å²) in [6.45, 7) is 1.24. The summed E-state index contributed by atoms with van der Waals surface area (Å²) in [5.41, 5.74) is 1.30. The number of rotatable bonds is 6. The van der Waals surface area contributed by atoms with Gasteiger partial charge in [-0.15, -0.1) is 0 Å². The number of nitrogens with zero attached hydrogens (tertiary/aromatic N) is 6. The van der Waals surface area contributed by atoms with Gasteiger partial charge in [-0.25, -0.2) is 14.8 Å². The number of hydrogen-bond donors (Lipinski definition) is 2. The summed E-state index contributed by atoms with van der Waals surface area (Å²) in [6, 6.07) is 8.34. The average Bonchev–Trinajstić information content (AvgIpc) is 3.66. The molecule has 190 valence electrons. The predicted octanol–water partition coefficient (Wildman–Crippen LogP) is 4.22. The van der Waals surface area contributed by atoms with Crippen LogP contribution in [0.5, 0.6) is 0 Å². The van der Waals surface area contributed by atoms with Crippen molar-refractivity contribution in [3.8, 4) is 23.3 Å². The zero-order valence-corrected chi connectivity index (χ0v) is 21.3. The second-order valence-electron chi connectivity index (χ2n) is 9.11. The van der Waals surface area contributed by atoms with E-state index in [1.165, 1.54) is 6.20 Å². The Bertz CT molecular complexity index is 1380. The largest absolute Gasteiger partial charge is 0.340 e. The maximum absolute atomic E-state index is 12.7. The Morgan fingerprint density at radius 3 is 2.73 bits per heavy atom. The van der Waals surface area contributed by atoms with Gasteiger partial charge < -0.3 is 10.2 Å². The van der Waals surface area contributed by atoms with Gasteiger partial charge in [0.05, 0.1) is 34.4 Å². The molecule has 5 rings (SSSR count). The van der Waals surface area contributed by atoms with Crippen LogP contribution in [0.4, 0.5) is 10.7 Å². The van der Waals surface area contributed by atoms with Gasteiger partial charge in [0.1, 0.15) is 11.6 Å². The van der Waals surface area contributed by atoms with Crippen molar-refractivity contribution < 1.29 is 9.59 Å². The van der Waals surface area contributed by atoms with Crippen LogP contribution in [0.2, 0.25) is 10.0 Å². The Kier molecular flexibility index (Phi) is 7.26. The predicted molar refractivity (Wildman–Crippen MR) is 138 cm³/mol. The fraction of sp³-hybridized carbons (Fsp3) is 0.360. The number of halogens is 2. The summed E-state index contributed by atoms with van der Waals surface area (Å²) >= 11 is 12.3. The van der Waals surface area contributed by atoms with Crippen LogP contribution in [0.15, 0.2) is 36.7 Å².